The summed E-state index contributed by atoms with van der Waals surface area (Å²) in [5, 5.41) is 2.84. The van der Waals surface area contributed by atoms with Crippen molar-refractivity contribution in [2.75, 3.05) is 7.05 Å². The van der Waals surface area contributed by atoms with Crippen molar-refractivity contribution in [2.45, 2.75) is 32.7 Å². The maximum atomic E-state index is 13.9. The van der Waals surface area contributed by atoms with Crippen LogP contribution in [0.5, 0.6) is 0 Å². The third-order valence-electron chi connectivity index (χ3n) is 5.66. The van der Waals surface area contributed by atoms with Gasteiger partial charge in [-0.3, -0.25) is 19.3 Å². The zero-order valence-corrected chi connectivity index (χ0v) is 14.7. The minimum Gasteiger partial charge on any atom is -0.349 e. The molecule has 25 heavy (non-hydrogen) atoms. The maximum absolute atomic E-state index is 13.9. The van der Waals surface area contributed by atoms with E-state index in [4.69, 9.17) is 0 Å². The Balaban J connectivity index is 1.81. The van der Waals surface area contributed by atoms with Crippen LogP contribution in [0.1, 0.15) is 38.3 Å². The number of hydrogen-bond acceptors (Lipinski definition) is 3. The normalized spacial score (nSPS) is 30.2. The largest absolute Gasteiger partial charge is 0.349 e. The minimum absolute atomic E-state index is 0.00248. The summed E-state index contributed by atoms with van der Waals surface area (Å²) in [7, 11) is 1.48. The lowest BCUT2D eigenvalue weighted by molar-refractivity contribution is -0.141. The number of benzene rings is 1. The fourth-order valence-electron chi connectivity index (χ4n) is 4.22. The summed E-state index contributed by atoms with van der Waals surface area (Å²) in [6.45, 7) is 3.65. The Morgan fingerprint density at radius 1 is 1.24 bits per heavy atom. The number of imide groups is 1. The SMILES string of the molecule is C[C@H](NC(=O)[C@H]1[C@H]2C(=O)N(C)C(=O)[C@@H]2CC[C@H]1C)c1ccccc1F. The van der Waals surface area contributed by atoms with Gasteiger partial charge in [0.15, 0.2) is 0 Å². The van der Waals surface area contributed by atoms with Crippen molar-refractivity contribution in [2.24, 2.45) is 23.7 Å². The molecule has 1 heterocycles. The van der Waals surface area contributed by atoms with E-state index in [0.717, 1.165) is 11.3 Å². The van der Waals surface area contributed by atoms with E-state index < -0.39 is 23.8 Å². The van der Waals surface area contributed by atoms with E-state index >= 15 is 0 Å². The van der Waals surface area contributed by atoms with Crippen LogP contribution in [0.2, 0.25) is 0 Å². The highest BCUT2D eigenvalue weighted by Gasteiger charge is 2.55. The summed E-state index contributed by atoms with van der Waals surface area (Å²) in [6.07, 6.45) is 1.35. The quantitative estimate of drug-likeness (QED) is 0.854. The number of carbonyl (C=O) groups is 3. The molecule has 1 aromatic rings. The van der Waals surface area contributed by atoms with Gasteiger partial charge in [0.2, 0.25) is 17.7 Å². The highest BCUT2D eigenvalue weighted by molar-refractivity contribution is 6.06. The van der Waals surface area contributed by atoms with E-state index in [-0.39, 0.29) is 29.5 Å². The van der Waals surface area contributed by atoms with Gasteiger partial charge in [0.1, 0.15) is 5.82 Å². The van der Waals surface area contributed by atoms with Crippen LogP contribution < -0.4 is 5.32 Å². The molecule has 1 saturated heterocycles. The topological polar surface area (TPSA) is 66.5 Å². The molecule has 0 radical (unpaired) electrons. The van der Waals surface area contributed by atoms with Crippen LogP contribution >= 0.6 is 0 Å². The molecule has 5 atom stereocenters. The molecule has 1 N–H and O–H groups in total. The second-order valence-electron chi connectivity index (χ2n) is 7.20. The molecule has 2 aliphatic rings. The fourth-order valence-corrected chi connectivity index (χ4v) is 4.22. The second-order valence-corrected chi connectivity index (χ2v) is 7.20. The molecule has 0 bridgehead atoms. The van der Waals surface area contributed by atoms with Gasteiger partial charge in [-0.05, 0) is 31.7 Å². The number of nitrogens with one attached hydrogen (secondary N) is 1. The van der Waals surface area contributed by atoms with Crippen molar-refractivity contribution >= 4 is 17.7 Å². The van der Waals surface area contributed by atoms with Crippen LogP contribution in [0.25, 0.3) is 0 Å². The van der Waals surface area contributed by atoms with Gasteiger partial charge < -0.3 is 5.32 Å². The minimum atomic E-state index is -0.603. The molecular formula is C19H23FN2O3. The highest BCUT2D eigenvalue weighted by atomic mass is 19.1. The standard InChI is InChI=1S/C19H23FN2O3/c1-10-8-9-13-16(19(25)22(3)18(13)24)15(10)17(23)21-11(2)12-6-4-5-7-14(12)20/h4-7,10-11,13,15-16H,8-9H2,1-3H3,(H,21,23)/t10-,11+,13-,15-,16+/m1/s1. The zero-order valence-electron chi connectivity index (χ0n) is 14.7. The Bertz CT molecular complexity index is 720. The predicted octanol–water partition coefficient (Wildman–Crippen LogP) is 2.28. The van der Waals surface area contributed by atoms with Gasteiger partial charge in [-0.2, -0.15) is 0 Å². The average molecular weight is 346 g/mol. The van der Waals surface area contributed by atoms with Crippen molar-refractivity contribution in [1.29, 1.82) is 0 Å². The molecule has 3 rings (SSSR count). The number of halogens is 1. The molecule has 3 amide bonds. The number of nitrogens with zero attached hydrogens (tertiary/aromatic N) is 1. The van der Waals surface area contributed by atoms with E-state index in [1.165, 1.54) is 13.1 Å². The van der Waals surface area contributed by atoms with Crippen molar-refractivity contribution in [1.82, 2.24) is 10.2 Å². The Labute approximate surface area is 146 Å². The first-order chi connectivity index (χ1) is 11.8. The summed E-state index contributed by atoms with van der Waals surface area (Å²) in [5.41, 5.74) is 0.404. The second kappa shape index (κ2) is 6.58. The Kier molecular flexibility index (Phi) is 4.62. The van der Waals surface area contributed by atoms with Crippen molar-refractivity contribution in [3.8, 4) is 0 Å². The van der Waals surface area contributed by atoms with Crippen LogP contribution in [0.15, 0.2) is 24.3 Å². The summed E-state index contributed by atoms with van der Waals surface area (Å²) in [6, 6.07) is 5.79. The van der Waals surface area contributed by atoms with Crippen LogP contribution in [-0.4, -0.2) is 29.7 Å². The van der Waals surface area contributed by atoms with Crippen molar-refractivity contribution in [3.63, 3.8) is 0 Å². The van der Waals surface area contributed by atoms with Gasteiger partial charge >= 0.3 is 0 Å². The van der Waals surface area contributed by atoms with Gasteiger partial charge in [-0.15, -0.1) is 0 Å². The van der Waals surface area contributed by atoms with E-state index in [0.29, 0.717) is 12.0 Å². The number of carbonyl (C=O) groups excluding carboxylic acids is 3. The molecule has 2 fully saturated rings. The molecule has 1 aromatic carbocycles. The number of rotatable bonds is 3. The van der Waals surface area contributed by atoms with Crippen LogP contribution in [-0.2, 0) is 14.4 Å². The average Bonchev–Trinajstić information content (AvgIpc) is 2.79. The first-order valence-electron chi connectivity index (χ1n) is 8.69. The Morgan fingerprint density at radius 2 is 1.92 bits per heavy atom. The summed E-state index contributed by atoms with van der Waals surface area (Å²) < 4.78 is 13.9. The monoisotopic (exact) mass is 346 g/mol. The number of hydrogen-bond donors (Lipinski definition) is 1. The number of amides is 3. The smallest absolute Gasteiger partial charge is 0.233 e. The van der Waals surface area contributed by atoms with E-state index in [1.54, 1.807) is 25.1 Å². The van der Waals surface area contributed by atoms with Crippen molar-refractivity contribution in [3.05, 3.63) is 35.6 Å². The Hall–Kier alpha value is -2.24. The summed E-state index contributed by atoms with van der Waals surface area (Å²) >= 11 is 0. The van der Waals surface area contributed by atoms with Gasteiger partial charge in [0, 0.05) is 12.6 Å². The van der Waals surface area contributed by atoms with E-state index in [1.807, 2.05) is 6.92 Å². The molecule has 0 aromatic heterocycles. The van der Waals surface area contributed by atoms with Gasteiger partial charge in [0.25, 0.3) is 0 Å². The maximum Gasteiger partial charge on any atom is 0.233 e. The lowest BCUT2D eigenvalue weighted by Gasteiger charge is -2.35. The zero-order chi connectivity index (χ0) is 18.3. The molecule has 134 valence electrons. The first-order valence-corrected chi connectivity index (χ1v) is 8.69. The summed E-state index contributed by atoms with van der Waals surface area (Å²) in [5.74, 6) is -2.71. The van der Waals surface area contributed by atoms with Crippen LogP contribution in [0, 0.1) is 29.5 Å². The summed E-state index contributed by atoms with van der Waals surface area (Å²) in [4.78, 5) is 38.8. The number of likely N-dealkylation sites (tertiary alicyclic amines) is 1. The first kappa shape index (κ1) is 17.6. The molecule has 1 saturated carbocycles. The van der Waals surface area contributed by atoms with Crippen LogP contribution in [0.3, 0.4) is 0 Å². The van der Waals surface area contributed by atoms with Crippen LogP contribution in [0.4, 0.5) is 4.39 Å². The van der Waals surface area contributed by atoms with Gasteiger partial charge in [-0.25, -0.2) is 4.39 Å². The molecular weight excluding hydrogens is 323 g/mol. The lowest BCUT2D eigenvalue weighted by atomic mass is 9.67. The lowest BCUT2D eigenvalue weighted by Crippen LogP contribution is -2.46. The van der Waals surface area contributed by atoms with E-state index in [2.05, 4.69) is 5.32 Å². The van der Waals surface area contributed by atoms with E-state index in [9.17, 15) is 18.8 Å². The third-order valence-corrected chi connectivity index (χ3v) is 5.66. The fraction of sp³-hybridized carbons (Fsp3) is 0.526. The molecule has 0 unspecified atom stereocenters. The highest BCUT2D eigenvalue weighted by Crippen LogP contribution is 2.44. The van der Waals surface area contributed by atoms with Gasteiger partial charge in [0.05, 0.1) is 23.8 Å². The number of fused-ring (bicyclic) bond motifs is 1. The Morgan fingerprint density at radius 3 is 2.60 bits per heavy atom. The molecule has 5 nitrogen and oxygen atoms in total. The molecule has 6 heteroatoms. The molecule has 1 aliphatic heterocycles. The molecule has 1 aliphatic carbocycles. The van der Waals surface area contributed by atoms with Crippen molar-refractivity contribution < 1.29 is 18.8 Å². The van der Waals surface area contributed by atoms with Gasteiger partial charge in [-0.1, -0.05) is 25.1 Å². The predicted molar refractivity (Wildman–Crippen MR) is 89.6 cm³/mol. The molecule has 0 spiro atoms. The third kappa shape index (κ3) is 2.94.